The van der Waals surface area contributed by atoms with Crippen LogP contribution < -0.4 is 5.32 Å². The normalized spacial score (nSPS) is 23.7. The standard InChI is InChI=1S/C28H31NO3S2/c1-17-14-21-22(27(4,5)11-10-26(21,2)3)16-20(17)28(31-12-13-32-28)19-8-6-18(7-9-19)15-23-24(30)29-25(33)34-23/h6-9,14-16H,10-13H2,1-5H3,(H,29,30,33)/b23-15+. The summed E-state index contributed by atoms with van der Waals surface area (Å²) >= 11 is 6.38. The van der Waals surface area contributed by atoms with E-state index in [9.17, 15) is 4.79 Å². The van der Waals surface area contributed by atoms with E-state index in [0.717, 1.165) is 23.1 Å². The summed E-state index contributed by atoms with van der Waals surface area (Å²) in [6, 6.07) is 12.8. The zero-order chi connectivity index (χ0) is 24.3. The van der Waals surface area contributed by atoms with Crippen LogP contribution in [0.1, 0.15) is 73.9 Å². The third-order valence-corrected chi connectivity index (χ3v) is 8.64. The zero-order valence-electron chi connectivity index (χ0n) is 20.4. The lowest BCUT2D eigenvalue weighted by Crippen LogP contribution is -2.36. The second-order valence-corrected chi connectivity index (χ2v) is 12.5. The van der Waals surface area contributed by atoms with Crippen molar-refractivity contribution in [2.45, 2.75) is 64.1 Å². The van der Waals surface area contributed by atoms with E-state index < -0.39 is 5.79 Å². The van der Waals surface area contributed by atoms with Gasteiger partial charge in [-0.1, -0.05) is 82.0 Å². The lowest BCUT2D eigenvalue weighted by atomic mass is 9.62. The van der Waals surface area contributed by atoms with Crippen LogP contribution in [0, 0.1) is 6.92 Å². The molecule has 0 unspecified atom stereocenters. The molecule has 0 atom stereocenters. The summed E-state index contributed by atoms with van der Waals surface area (Å²) in [5.41, 5.74) is 7.24. The molecule has 2 aromatic carbocycles. The smallest absolute Gasteiger partial charge is 0.263 e. The van der Waals surface area contributed by atoms with Crippen LogP contribution in [0.5, 0.6) is 0 Å². The molecule has 0 aromatic heterocycles. The molecule has 34 heavy (non-hydrogen) atoms. The van der Waals surface area contributed by atoms with E-state index in [1.54, 1.807) is 0 Å². The summed E-state index contributed by atoms with van der Waals surface area (Å²) in [5.74, 6) is -1.07. The lowest BCUT2D eigenvalue weighted by molar-refractivity contribution is -0.130. The molecule has 1 N–H and O–H groups in total. The number of ether oxygens (including phenoxy) is 2. The highest BCUT2D eigenvalue weighted by atomic mass is 32.2. The molecule has 178 valence electrons. The van der Waals surface area contributed by atoms with Gasteiger partial charge in [-0.25, -0.2) is 0 Å². The molecular weight excluding hydrogens is 462 g/mol. The molecule has 5 rings (SSSR count). The summed E-state index contributed by atoms with van der Waals surface area (Å²) in [6.07, 6.45) is 4.20. The van der Waals surface area contributed by atoms with E-state index in [2.05, 4.69) is 52.1 Å². The number of nitrogens with one attached hydrogen (secondary N) is 1. The van der Waals surface area contributed by atoms with Gasteiger partial charge in [0, 0.05) is 11.1 Å². The molecule has 2 fully saturated rings. The monoisotopic (exact) mass is 493 g/mol. The number of benzene rings is 2. The van der Waals surface area contributed by atoms with Crippen molar-refractivity contribution in [3.63, 3.8) is 0 Å². The first-order chi connectivity index (χ1) is 16.0. The van der Waals surface area contributed by atoms with Crippen LogP contribution >= 0.6 is 24.0 Å². The molecule has 2 aromatic rings. The Morgan fingerprint density at radius 1 is 0.941 bits per heavy atom. The maximum atomic E-state index is 12.0. The van der Waals surface area contributed by atoms with Gasteiger partial charge in [0.15, 0.2) is 0 Å². The molecule has 3 aliphatic rings. The van der Waals surface area contributed by atoms with Gasteiger partial charge in [0.2, 0.25) is 5.79 Å². The van der Waals surface area contributed by atoms with Crippen LogP contribution in [0.2, 0.25) is 0 Å². The Morgan fingerprint density at radius 2 is 1.53 bits per heavy atom. The van der Waals surface area contributed by atoms with E-state index in [-0.39, 0.29) is 16.7 Å². The Balaban J connectivity index is 1.58. The van der Waals surface area contributed by atoms with Crippen LogP contribution in [0.3, 0.4) is 0 Å². The number of aryl methyl sites for hydroxylation is 1. The average Bonchev–Trinajstić information content (AvgIpc) is 3.39. The number of amides is 1. The van der Waals surface area contributed by atoms with E-state index in [4.69, 9.17) is 21.7 Å². The van der Waals surface area contributed by atoms with Crippen molar-refractivity contribution in [3.8, 4) is 0 Å². The van der Waals surface area contributed by atoms with Gasteiger partial charge >= 0.3 is 0 Å². The molecule has 2 heterocycles. The van der Waals surface area contributed by atoms with Gasteiger partial charge in [0.1, 0.15) is 4.32 Å². The molecule has 0 bridgehead atoms. The maximum Gasteiger partial charge on any atom is 0.263 e. The topological polar surface area (TPSA) is 47.6 Å². The van der Waals surface area contributed by atoms with Gasteiger partial charge in [0.25, 0.3) is 5.91 Å². The van der Waals surface area contributed by atoms with Gasteiger partial charge in [-0.3, -0.25) is 4.79 Å². The quantitative estimate of drug-likeness (QED) is 0.415. The number of hydrogen-bond acceptors (Lipinski definition) is 5. The Hall–Kier alpha value is -1.99. The summed E-state index contributed by atoms with van der Waals surface area (Å²) in [4.78, 5) is 12.6. The van der Waals surface area contributed by atoms with Gasteiger partial charge in [-0.15, -0.1) is 0 Å². The minimum atomic E-state index is -0.927. The van der Waals surface area contributed by atoms with Gasteiger partial charge < -0.3 is 14.8 Å². The van der Waals surface area contributed by atoms with E-state index in [0.29, 0.717) is 22.4 Å². The fraction of sp³-hybridized carbons (Fsp3) is 0.429. The molecule has 6 heteroatoms. The van der Waals surface area contributed by atoms with Crippen molar-refractivity contribution in [2.24, 2.45) is 0 Å². The molecule has 1 amide bonds. The van der Waals surface area contributed by atoms with E-state index in [1.165, 1.54) is 34.9 Å². The van der Waals surface area contributed by atoms with Crippen LogP contribution in [0.15, 0.2) is 41.3 Å². The van der Waals surface area contributed by atoms with Crippen LogP contribution in [-0.4, -0.2) is 23.4 Å². The molecule has 0 saturated carbocycles. The average molecular weight is 494 g/mol. The number of fused-ring (bicyclic) bond motifs is 1. The molecule has 1 aliphatic carbocycles. The maximum absolute atomic E-state index is 12.0. The highest BCUT2D eigenvalue weighted by Gasteiger charge is 2.45. The highest BCUT2D eigenvalue weighted by Crippen LogP contribution is 2.49. The van der Waals surface area contributed by atoms with Crippen LogP contribution in [0.4, 0.5) is 0 Å². The number of thiocarbonyl (C=S) groups is 1. The van der Waals surface area contributed by atoms with Crippen molar-refractivity contribution in [2.75, 3.05) is 13.2 Å². The summed E-state index contributed by atoms with van der Waals surface area (Å²) in [6.45, 7) is 12.6. The van der Waals surface area contributed by atoms with Crippen molar-refractivity contribution in [1.29, 1.82) is 0 Å². The molecule has 2 saturated heterocycles. The minimum Gasteiger partial charge on any atom is -0.340 e. The fourth-order valence-corrected chi connectivity index (χ4v) is 6.38. The Kier molecular flexibility index (Phi) is 5.79. The third-order valence-electron chi connectivity index (χ3n) is 7.48. The number of hydrogen-bond donors (Lipinski definition) is 1. The van der Waals surface area contributed by atoms with Gasteiger partial charge in [0.05, 0.1) is 18.1 Å². The van der Waals surface area contributed by atoms with E-state index in [1.807, 2.05) is 30.3 Å². The Bertz CT molecular complexity index is 1200. The van der Waals surface area contributed by atoms with Crippen LogP contribution in [-0.2, 0) is 30.9 Å². The predicted octanol–water partition coefficient (Wildman–Crippen LogP) is 6.08. The number of thioether (sulfide) groups is 1. The van der Waals surface area contributed by atoms with Crippen molar-refractivity contribution >= 4 is 40.3 Å². The Labute approximate surface area is 211 Å². The molecule has 2 aliphatic heterocycles. The van der Waals surface area contributed by atoms with Crippen LogP contribution in [0.25, 0.3) is 6.08 Å². The second kappa shape index (κ2) is 8.30. The second-order valence-electron chi connectivity index (χ2n) is 10.8. The summed E-state index contributed by atoms with van der Waals surface area (Å²) in [7, 11) is 0. The lowest BCUT2D eigenvalue weighted by Gasteiger charge is -2.43. The predicted molar refractivity (Wildman–Crippen MR) is 142 cm³/mol. The van der Waals surface area contributed by atoms with Gasteiger partial charge in [-0.05, 0) is 65.0 Å². The SMILES string of the molecule is Cc1cc2c(cc1C1(c3ccc(/C=C4/SC(=S)NC4=O)cc3)OCCO1)C(C)(C)CCC2(C)C. The zero-order valence-corrected chi connectivity index (χ0v) is 22.0. The molecule has 0 spiro atoms. The van der Waals surface area contributed by atoms with E-state index >= 15 is 0 Å². The van der Waals surface area contributed by atoms with Crippen molar-refractivity contribution in [1.82, 2.24) is 5.32 Å². The number of carbonyl (C=O) groups excluding carboxylic acids is 1. The Morgan fingerprint density at radius 3 is 2.09 bits per heavy atom. The largest absolute Gasteiger partial charge is 0.340 e. The highest BCUT2D eigenvalue weighted by molar-refractivity contribution is 8.26. The fourth-order valence-electron chi connectivity index (χ4n) is 5.34. The van der Waals surface area contributed by atoms with Gasteiger partial charge in [-0.2, -0.15) is 0 Å². The molecule has 0 radical (unpaired) electrons. The molecular formula is C28H31NO3S2. The first-order valence-corrected chi connectivity index (χ1v) is 13.0. The number of rotatable bonds is 3. The minimum absolute atomic E-state index is 0.100. The number of carbonyl (C=O) groups is 1. The summed E-state index contributed by atoms with van der Waals surface area (Å²) in [5, 5.41) is 2.66. The third kappa shape index (κ3) is 3.95. The summed E-state index contributed by atoms with van der Waals surface area (Å²) < 4.78 is 13.3. The van der Waals surface area contributed by atoms with Crippen molar-refractivity contribution in [3.05, 3.63) is 74.7 Å². The first-order valence-electron chi connectivity index (χ1n) is 11.8. The first kappa shape index (κ1) is 23.7. The van der Waals surface area contributed by atoms with Crippen molar-refractivity contribution < 1.29 is 14.3 Å². The molecule has 4 nitrogen and oxygen atoms in total.